The van der Waals surface area contributed by atoms with Gasteiger partial charge in [0.2, 0.25) is 0 Å². The van der Waals surface area contributed by atoms with Gasteiger partial charge in [-0.2, -0.15) is 5.10 Å². The lowest BCUT2D eigenvalue weighted by Crippen LogP contribution is -2.45. The standard InChI is InChI=1S/C19H24N4O/c1-22(15-5-3-2-4-6-15)16-9-11-23(12-10-16)19(24)18-13-17(20-21-18)14-7-8-14/h2-6,13-14,16H,7-12H2,1H3,(H,20,21). The lowest BCUT2D eigenvalue weighted by atomic mass is 10.0. The lowest BCUT2D eigenvalue weighted by Gasteiger charge is -2.37. The van der Waals surface area contributed by atoms with Crippen molar-refractivity contribution in [2.45, 2.75) is 37.6 Å². The van der Waals surface area contributed by atoms with Gasteiger partial charge in [0.1, 0.15) is 5.69 Å². The van der Waals surface area contributed by atoms with E-state index in [-0.39, 0.29) is 5.91 Å². The van der Waals surface area contributed by atoms with E-state index in [9.17, 15) is 4.79 Å². The summed E-state index contributed by atoms with van der Waals surface area (Å²) in [5.74, 6) is 0.670. The normalized spacial score (nSPS) is 18.6. The summed E-state index contributed by atoms with van der Waals surface area (Å²) in [6.07, 6.45) is 4.42. The highest BCUT2D eigenvalue weighted by molar-refractivity contribution is 5.92. The molecule has 0 radical (unpaired) electrons. The SMILES string of the molecule is CN(c1ccccc1)C1CCN(C(=O)c2cc(C3CC3)[nH]n2)CC1. The third-order valence-corrected chi connectivity index (χ3v) is 5.30. The molecule has 1 amide bonds. The maximum atomic E-state index is 12.6. The molecular weight excluding hydrogens is 300 g/mol. The van der Waals surface area contributed by atoms with Gasteiger partial charge in [-0.25, -0.2) is 0 Å². The maximum Gasteiger partial charge on any atom is 0.274 e. The van der Waals surface area contributed by atoms with Gasteiger partial charge >= 0.3 is 0 Å². The Morgan fingerprint density at radius 3 is 2.54 bits per heavy atom. The Hall–Kier alpha value is -2.30. The minimum absolute atomic E-state index is 0.0685. The molecule has 1 saturated carbocycles. The number of likely N-dealkylation sites (tertiary alicyclic amines) is 1. The first-order valence-electron chi connectivity index (χ1n) is 8.85. The molecule has 0 atom stereocenters. The summed E-state index contributed by atoms with van der Waals surface area (Å²) in [6, 6.07) is 12.9. The molecule has 2 aliphatic rings. The number of H-pyrrole nitrogens is 1. The molecule has 126 valence electrons. The molecule has 24 heavy (non-hydrogen) atoms. The number of benzene rings is 1. The van der Waals surface area contributed by atoms with E-state index in [1.807, 2.05) is 17.0 Å². The van der Waals surface area contributed by atoms with Crippen molar-refractivity contribution < 1.29 is 4.79 Å². The number of rotatable bonds is 4. The van der Waals surface area contributed by atoms with Crippen molar-refractivity contribution in [2.75, 3.05) is 25.0 Å². The van der Waals surface area contributed by atoms with Crippen LogP contribution in [-0.2, 0) is 0 Å². The molecule has 0 unspecified atom stereocenters. The Morgan fingerprint density at radius 2 is 1.88 bits per heavy atom. The largest absolute Gasteiger partial charge is 0.371 e. The van der Waals surface area contributed by atoms with E-state index in [2.05, 4.69) is 46.4 Å². The number of piperidine rings is 1. The Labute approximate surface area is 142 Å². The second-order valence-corrected chi connectivity index (χ2v) is 6.95. The van der Waals surface area contributed by atoms with Gasteiger partial charge in [0.05, 0.1) is 0 Å². The number of hydrogen-bond donors (Lipinski definition) is 1. The van der Waals surface area contributed by atoms with E-state index < -0.39 is 0 Å². The average Bonchev–Trinajstić information content (AvgIpc) is 3.38. The highest BCUT2D eigenvalue weighted by Crippen LogP contribution is 2.39. The van der Waals surface area contributed by atoms with Crippen LogP contribution in [0.2, 0.25) is 0 Å². The maximum absolute atomic E-state index is 12.6. The van der Waals surface area contributed by atoms with Crippen molar-refractivity contribution >= 4 is 11.6 Å². The summed E-state index contributed by atoms with van der Waals surface area (Å²) < 4.78 is 0. The monoisotopic (exact) mass is 324 g/mol. The number of carbonyl (C=O) groups is 1. The number of nitrogens with one attached hydrogen (secondary N) is 1. The molecule has 1 saturated heterocycles. The zero-order chi connectivity index (χ0) is 16.5. The van der Waals surface area contributed by atoms with Crippen molar-refractivity contribution in [1.82, 2.24) is 15.1 Å². The van der Waals surface area contributed by atoms with Crippen LogP contribution in [0.5, 0.6) is 0 Å². The van der Waals surface area contributed by atoms with Crippen LogP contribution >= 0.6 is 0 Å². The lowest BCUT2D eigenvalue weighted by molar-refractivity contribution is 0.0707. The van der Waals surface area contributed by atoms with Crippen LogP contribution < -0.4 is 4.90 Å². The first-order valence-corrected chi connectivity index (χ1v) is 8.85. The third kappa shape index (κ3) is 3.03. The van der Waals surface area contributed by atoms with Crippen LogP contribution in [0.3, 0.4) is 0 Å². The fourth-order valence-electron chi connectivity index (χ4n) is 3.54. The molecule has 1 aliphatic carbocycles. The Bertz CT molecular complexity index is 699. The van der Waals surface area contributed by atoms with Gasteiger partial charge in [-0.1, -0.05) is 18.2 Å². The van der Waals surface area contributed by atoms with Gasteiger partial charge in [-0.3, -0.25) is 9.89 Å². The number of aromatic amines is 1. The van der Waals surface area contributed by atoms with Crippen molar-refractivity contribution in [3.63, 3.8) is 0 Å². The molecule has 0 bridgehead atoms. The molecule has 1 aromatic heterocycles. The highest BCUT2D eigenvalue weighted by atomic mass is 16.2. The topological polar surface area (TPSA) is 52.2 Å². The van der Waals surface area contributed by atoms with Gasteiger partial charge in [-0.05, 0) is 43.9 Å². The van der Waals surface area contributed by atoms with Gasteiger partial charge in [0.15, 0.2) is 0 Å². The predicted molar refractivity (Wildman–Crippen MR) is 94.3 cm³/mol. The first kappa shape index (κ1) is 15.2. The quantitative estimate of drug-likeness (QED) is 0.940. The minimum Gasteiger partial charge on any atom is -0.371 e. The van der Waals surface area contributed by atoms with Crippen LogP contribution in [-0.4, -0.2) is 47.2 Å². The summed E-state index contributed by atoms with van der Waals surface area (Å²) in [4.78, 5) is 16.9. The van der Waals surface area contributed by atoms with E-state index >= 15 is 0 Å². The molecular formula is C19H24N4O. The van der Waals surface area contributed by atoms with E-state index in [1.54, 1.807) is 0 Å². The van der Waals surface area contributed by atoms with Crippen LogP contribution in [0, 0.1) is 0 Å². The van der Waals surface area contributed by atoms with Crippen molar-refractivity contribution in [1.29, 1.82) is 0 Å². The molecule has 2 heterocycles. The van der Waals surface area contributed by atoms with Gasteiger partial charge in [0.25, 0.3) is 5.91 Å². The summed E-state index contributed by atoms with van der Waals surface area (Å²) in [5.41, 5.74) is 2.94. The number of aromatic nitrogens is 2. The summed E-state index contributed by atoms with van der Waals surface area (Å²) in [7, 11) is 2.15. The van der Waals surface area contributed by atoms with E-state index in [0.717, 1.165) is 31.6 Å². The number of hydrogen-bond acceptors (Lipinski definition) is 3. The summed E-state index contributed by atoms with van der Waals surface area (Å²) >= 11 is 0. The average molecular weight is 324 g/mol. The second kappa shape index (κ2) is 6.30. The van der Waals surface area contributed by atoms with Crippen molar-refractivity contribution in [3.05, 3.63) is 47.8 Å². The van der Waals surface area contributed by atoms with Gasteiger partial charge in [-0.15, -0.1) is 0 Å². The molecule has 2 aromatic rings. The molecule has 2 fully saturated rings. The molecule has 1 aliphatic heterocycles. The van der Waals surface area contributed by atoms with Crippen molar-refractivity contribution in [3.8, 4) is 0 Å². The van der Waals surface area contributed by atoms with E-state index in [0.29, 0.717) is 17.7 Å². The smallest absolute Gasteiger partial charge is 0.274 e. The molecule has 4 rings (SSSR count). The third-order valence-electron chi connectivity index (χ3n) is 5.30. The van der Waals surface area contributed by atoms with Crippen LogP contribution in [0.15, 0.2) is 36.4 Å². The highest BCUT2D eigenvalue weighted by Gasteiger charge is 2.30. The summed E-state index contributed by atoms with van der Waals surface area (Å²) in [5, 5.41) is 7.26. The van der Waals surface area contributed by atoms with Crippen molar-refractivity contribution in [2.24, 2.45) is 0 Å². The van der Waals surface area contributed by atoms with E-state index in [4.69, 9.17) is 0 Å². The summed E-state index contributed by atoms with van der Waals surface area (Å²) in [6.45, 7) is 1.60. The first-order chi connectivity index (χ1) is 11.7. The Balaban J connectivity index is 1.36. The van der Waals surface area contributed by atoms with Crippen LogP contribution in [0.25, 0.3) is 0 Å². The van der Waals surface area contributed by atoms with E-state index in [1.165, 1.54) is 18.5 Å². The zero-order valence-electron chi connectivity index (χ0n) is 14.1. The fraction of sp³-hybridized carbons (Fsp3) is 0.474. The molecule has 1 N–H and O–H groups in total. The van der Waals surface area contributed by atoms with Gasteiger partial charge < -0.3 is 9.80 Å². The second-order valence-electron chi connectivity index (χ2n) is 6.95. The minimum atomic E-state index is 0.0685. The Kier molecular flexibility index (Phi) is 4.00. The molecule has 0 spiro atoms. The molecule has 5 heteroatoms. The van der Waals surface area contributed by atoms with Crippen LogP contribution in [0.4, 0.5) is 5.69 Å². The number of anilines is 1. The Morgan fingerprint density at radius 1 is 1.17 bits per heavy atom. The zero-order valence-corrected chi connectivity index (χ0v) is 14.1. The predicted octanol–water partition coefficient (Wildman–Crippen LogP) is 3.03. The molecule has 5 nitrogen and oxygen atoms in total. The van der Waals surface area contributed by atoms with Gasteiger partial charge in [0, 0.05) is 43.5 Å². The number of para-hydroxylation sites is 1. The molecule has 1 aromatic carbocycles. The number of nitrogens with zero attached hydrogens (tertiary/aromatic N) is 3. The van der Waals surface area contributed by atoms with Crippen LogP contribution in [0.1, 0.15) is 47.8 Å². The number of carbonyl (C=O) groups excluding carboxylic acids is 1. The number of amides is 1. The fourth-order valence-corrected chi connectivity index (χ4v) is 3.54.